The van der Waals surface area contributed by atoms with Gasteiger partial charge in [-0.05, 0) is 49.6 Å². The topological polar surface area (TPSA) is 84.5 Å². The van der Waals surface area contributed by atoms with Gasteiger partial charge in [0.05, 0.1) is 4.90 Å². The second-order valence-electron chi connectivity index (χ2n) is 6.38. The van der Waals surface area contributed by atoms with E-state index in [0.29, 0.717) is 24.4 Å². The second-order valence-corrected chi connectivity index (χ2v) is 8.15. The van der Waals surface area contributed by atoms with Crippen molar-refractivity contribution in [1.82, 2.24) is 10.0 Å². The van der Waals surface area contributed by atoms with E-state index >= 15 is 0 Å². The molecule has 27 heavy (non-hydrogen) atoms. The monoisotopic (exact) mass is 390 g/mol. The van der Waals surface area contributed by atoms with E-state index in [1.807, 2.05) is 38.1 Å². The van der Waals surface area contributed by atoms with Crippen LogP contribution in [0.1, 0.15) is 30.0 Å². The second kappa shape index (κ2) is 9.53. The van der Waals surface area contributed by atoms with Crippen molar-refractivity contribution < 1.29 is 17.9 Å². The van der Waals surface area contributed by atoms with Gasteiger partial charge in [-0.25, -0.2) is 13.1 Å². The molecular formula is C20H26N2O4S. The Morgan fingerprint density at radius 3 is 2.56 bits per heavy atom. The van der Waals surface area contributed by atoms with Gasteiger partial charge in [0.25, 0.3) is 5.91 Å². The van der Waals surface area contributed by atoms with E-state index in [1.165, 1.54) is 12.1 Å². The fourth-order valence-corrected chi connectivity index (χ4v) is 3.71. The Morgan fingerprint density at radius 2 is 1.89 bits per heavy atom. The third kappa shape index (κ3) is 6.37. The van der Waals surface area contributed by atoms with Crippen molar-refractivity contribution in [2.45, 2.75) is 38.6 Å². The Bertz CT molecular complexity index is 895. The maximum atomic E-state index is 12.1. The van der Waals surface area contributed by atoms with Crippen molar-refractivity contribution in [3.63, 3.8) is 0 Å². The molecule has 0 spiro atoms. The fraction of sp³-hybridized carbons (Fsp3) is 0.350. The van der Waals surface area contributed by atoms with Crippen LogP contribution in [0.25, 0.3) is 0 Å². The summed E-state index contributed by atoms with van der Waals surface area (Å²) in [7, 11) is -3.52. The highest BCUT2D eigenvalue weighted by atomic mass is 32.2. The molecule has 0 saturated heterocycles. The third-order valence-corrected chi connectivity index (χ3v) is 5.39. The average Bonchev–Trinajstić information content (AvgIpc) is 2.63. The van der Waals surface area contributed by atoms with Gasteiger partial charge in [-0.15, -0.1) is 0 Å². The number of rotatable bonds is 9. The number of sulfonamides is 1. The van der Waals surface area contributed by atoms with Crippen molar-refractivity contribution in [2.24, 2.45) is 0 Å². The molecule has 0 heterocycles. The van der Waals surface area contributed by atoms with Crippen molar-refractivity contribution in [1.29, 1.82) is 0 Å². The van der Waals surface area contributed by atoms with Crippen molar-refractivity contribution >= 4 is 15.9 Å². The summed E-state index contributed by atoms with van der Waals surface area (Å²) < 4.78 is 32.4. The average molecular weight is 391 g/mol. The van der Waals surface area contributed by atoms with E-state index < -0.39 is 10.0 Å². The van der Waals surface area contributed by atoms with Gasteiger partial charge < -0.3 is 10.1 Å². The summed E-state index contributed by atoms with van der Waals surface area (Å²) >= 11 is 0. The smallest absolute Gasteiger partial charge is 0.258 e. The van der Waals surface area contributed by atoms with Crippen LogP contribution >= 0.6 is 0 Å². The van der Waals surface area contributed by atoms with E-state index in [9.17, 15) is 13.2 Å². The molecule has 0 bridgehead atoms. The predicted octanol–water partition coefficient (Wildman–Crippen LogP) is 2.69. The van der Waals surface area contributed by atoms with Gasteiger partial charge in [-0.2, -0.15) is 0 Å². The molecule has 7 heteroatoms. The molecule has 0 fully saturated rings. The predicted molar refractivity (Wildman–Crippen MR) is 105 cm³/mol. The Labute approximate surface area is 161 Å². The van der Waals surface area contributed by atoms with Crippen molar-refractivity contribution in [2.75, 3.05) is 13.2 Å². The minimum absolute atomic E-state index is 0.132. The minimum atomic E-state index is -3.52. The number of amides is 1. The molecule has 0 radical (unpaired) electrons. The summed E-state index contributed by atoms with van der Waals surface area (Å²) in [5.74, 6) is 0.243. The van der Waals surface area contributed by atoms with Crippen LogP contribution < -0.4 is 14.8 Å². The van der Waals surface area contributed by atoms with Crippen molar-refractivity contribution in [3.05, 3.63) is 59.2 Å². The summed E-state index contributed by atoms with van der Waals surface area (Å²) in [5, 5.41) is 2.80. The summed E-state index contributed by atoms with van der Waals surface area (Å²) in [6.45, 7) is 6.34. The number of aryl methyl sites for hydroxylation is 2. The summed E-state index contributed by atoms with van der Waals surface area (Å²) in [5.41, 5.74) is 2.81. The molecule has 0 aromatic heterocycles. The maximum Gasteiger partial charge on any atom is 0.258 e. The van der Waals surface area contributed by atoms with Gasteiger partial charge in [-0.1, -0.05) is 36.8 Å². The van der Waals surface area contributed by atoms with Gasteiger partial charge in [0, 0.05) is 13.1 Å². The number of nitrogens with one attached hydrogen (secondary N) is 2. The zero-order valence-corrected chi connectivity index (χ0v) is 16.7. The van der Waals surface area contributed by atoms with Crippen LogP contribution in [0.4, 0.5) is 0 Å². The first kappa shape index (κ1) is 20.9. The molecular weight excluding hydrogens is 364 g/mol. The van der Waals surface area contributed by atoms with E-state index in [0.717, 1.165) is 17.5 Å². The molecule has 2 aromatic carbocycles. The van der Waals surface area contributed by atoms with Gasteiger partial charge >= 0.3 is 0 Å². The lowest BCUT2D eigenvalue weighted by Gasteiger charge is -2.12. The molecule has 0 aliphatic carbocycles. The van der Waals surface area contributed by atoms with E-state index in [4.69, 9.17) is 4.74 Å². The van der Waals surface area contributed by atoms with Gasteiger partial charge in [0.15, 0.2) is 6.61 Å². The minimum Gasteiger partial charge on any atom is -0.484 e. The zero-order chi connectivity index (χ0) is 19.9. The molecule has 0 saturated carbocycles. The highest BCUT2D eigenvalue weighted by molar-refractivity contribution is 7.89. The van der Waals surface area contributed by atoms with Crippen LogP contribution in [-0.4, -0.2) is 27.5 Å². The highest BCUT2D eigenvalue weighted by Crippen LogP contribution is 2.21. The molecule has 2 aromatic rings. The largest absolute Gasteiger partial charge is 0.484 e. The van der Waals surface area contributed by atoms with Gasteiger partial charge in [-0.3, -0.25) is 4.79 Å². The summed E-state index contributed by atoms with van der Waals surface area (Å²) in [6, 6.07) is 12.5. The van der Waals surface area contributed by atoms with E-state index in [-0.39, 0.29) is 17.4 Å². The number of carbonyl (C=O) groups is 1. The Morgan fingerprint density at radius 1 is 1.11 bits per heavy atom. The lowest BCUT2D eigenvalue weighted by atomic mass is 10.1. The number of ether oxygens (including phenoxy) is 1. The summed E-state index contributed by atoms with van der Waals surface area (Å²) in [6.07, 6.45) is 0.719. The molecule has 2 rings (SSSR count). The van der Waals surface area contributed by atoms with Crippen LogP contribution in [-0.2, 0) is 21.4 Å². The number of hydrogen-bond acceptors (Lipinski definition) is 4. The zero-order valence-electron chi connectivity index (χ0n) is 15.9. The Hall–Kier alpha value is -2.38. The number of hydrogen-bond donors (Lipinski definition) is 2. The van der Waals surface area contributed by atoms with Crippen LogP contribution in [0.15, 0.2) is 47.4 Å². The molecule has 6 nitrogen and oxygen atoms in total. The lowest BCUT2D eigenvalue weighted by molar-refractivity contribution is -0.123. The van der Waals surface area contributed by atoms with Crippen LogP contribution in [0, 0.1) is 13.8 Å². The van der Waals surface area contributed by atoms with Gasteiger partial charge in [0.1, 0.15) is 5.75 Å². The maximum absolute atomic E-state index is 12.1. The van der Waals surface area contributed by atoms with E-state index in [1.54, 1.807) is 13.0 Å². The molecule has 0 aliphatic rings. The van der Waals surface area contributed by atoms with Crippen molar-refractivity contribution in [3.8, 4) is 5.75 Å². The quantitative estimate of drug-likeness (QED) is 0.689. The highest BCUT2D eigenvalue weighted by Gasteiger charge is 2.15. The number of benzene rings is 2. The first-order valence-corrected chi connectivity index (χ1v) is 10.4. The first-order valence-electron chi connectivity index (χ1n) is 8.87. The normalized spacial score (nSPS) is 11.2. The molecule has 2 N–H and O–H groups in total. The van der Waals surface area contributed by atoms with Crippen LogP contribution in [0.2, 0.25) is 0 Å². The molecule has 0 atom stereocenters. The lowest BCUT2D eigenvalue weighted by Crippen LogP contribution is -2.28. The van der Waals surface area contributed by atoms with Gasteiger partial charge in [0.2, 0.25) is 10.0 Å². The van der Waals surface area contributed by atoms with E-state index in [2.05, 4.69) is 10.0 Å². The summed E-state index contributed by atoms with van der Waals surface area (Å²) in [4.78, 5) is 12.2. The van der Waals surface area contributed by atoms with Crippen LogP contribution in [0.5, 0.6) is 5.75 Å². The molecule has 0 aliphatic heterocycles. The SMILES string of the molecule is CCCNS(=O)(=O)c1ccc(OCC(=O)NCc2cccc(C)c2)c(C)c1. The Kier molecular flexibility index (Phi) is 7.38. The Balaban J connectivity index is 1.91. The standard InChI is InChI=1S/C20H26N2O4S/c1-4-10-22-27(24,25)18-8-9-19(16(3)12-18)26-14-20(23)21-13-17-7-5-6-15(2)11-17/h5-9,11-12,22H,4,10,13-14H2,1-3H3,(H,21,23). The molecule has 1 amide bonds. The third-order valence-electron chi connectivity index (χ3n) is 3.93. The molecule has 146 valence electrons. The number of carbonyl (C=O) groups excluding carboxylic acids is 1. The fourth-order valence-electron chi connectivity index (χ4n) is 2.49. The van der Waals surface area contributed by atoms with Crippen LogP contribution in [0.3, 0.4) is 0 Å². The molecule has 0 unspecified atom stereocenters. The first-order chi connectivity index (χ1) is 12.8.